The predicted octanol–water partition coefficient (Wildman–Crippen LogP) is 2.35. The summed E-state index contributed by atoms with van der Waals surface area (Å²) in [6.45, 7) is 4.64. The van der Waals surface area contributed by atoms with Crippen LogP contribution < -0.4 is 9.89 Å². The predicted molar refractivity (Wildman–Crippen MR) is 83.6 cm³/mol. The van der Waals surface area contributed by atoms with Crippen molar-refractivity contribution in [1.29, 1.82) is 0 Å². The number of quaternary nitrogens is 1. The van der Waals surface area contributed by atoms with Crippen molar-refractivity contribution in [3.63, 3.8) is 0 Å². The maximum absolute atomic E-state index is 3.88. The van der Waals surface area contributed by atoms with Gasteiger partial charge < -0.3 is 0 Å². The van der Waals surface area contributed by atoms with Crippen molar-refractivity contribution < 1.29 is 4.59 Å². The number of hydrogen-bond donors (Lipinski definition) is 1. The monoisotopic (exact) mass is 327 g/mol. The Morgan fingerprint density at radius 1 is 1.21 bits per heavy atom. The van der Waals surface area contributed by atoms with E-state index in [2.05, 4.69) is 63.7 Å². The van der Waals surface area contributed by atoms with E-state index >= 15 is 0 Å². The molecule has 2 nitrogen and oxygen atoms in total. The first-order valence-electron chi connectivity index (χ1n) is 7.32. The summed E-state index contributed by atoms with van der Waals surface area (Å²) in [5.74, 6) is 0. The average Bonchev–Trinajstić information content (AvgIpc) is 2.69. The molecular formula is C16H27N2Se+. The van der Waals surface area contributed by atoms with Gasteiger partial charge >= 0.3 is 124 Å². The number of nitrogens with zero attached hydrogens (tertiary/aromatic N) is 1. The fourth-order valence-corrected chi connectivity index (χ4v) is 5.65. The SMILES string of the molecule is CCC1(CC)CC(C[Se]c2ccccc2)[N+](C)(C)N1. The zero-order chi connectivity index (χ0) is 13.9. The first kappa shape index (κ1) is 15.1. The van der Waals surface area contributed by atoms with Crippen LogP contribution in [-0.4, -0.2) is 45.2 Å². The standard InChI is InChI=1S/C16H27N2Se/c1-5-16(6-2)12-14(18(3,4)17-16)13-19-15-10-8-7-9-11-15/h7-11,14,17H,5-6,12-13H2,1-4H3/q+1. The molecule has 19 heavy (non-hydrogen) atoms. The molecular weight excluding hydrogens is 299 g/mol. The molecule has 0 aromatic heterocycles. The first-order chi connectivity index (χ1) is 9.01. The van der Waals surface area contributed by atoms with Crippen LogP contribution in [0.4, 0.5) is 0 Å². The summed E-state index contributed by atoms with van der Waals surface area (Å²) in [6.07, 6.45) is 3.79. The van der Waals surface area contributed by atoms with Crippen molar-refractivity contribution in [3.05, 3.63) is 30.3 Å². The Labute approximate surface area is 124 Å². The molecule has 1 fully saturated rings. The Hall–Kier alpha value is -0.341. The minimum absolute atomic E-state index is 0.362. The minimum atomic E-state index is 0.362. The molecule has 1 aliphatic heterocycles. The van der Waals surface area contributed by atoms with Gasteiger partial charge in [0, 0.05) is 0 Å². The third-order valence-electron chi connectivity index (χ3n) is 4.60. The van der Waals surface area contributed by atoms with E-state index in [1.165, 1.54) is 29.0 Å². The third-order valence-corrected chi connectivity index (χ3v) is 7.03. The van der Waals surface area contributed by atoms with E-state index in [9.17, 15) is 0 Å². The number of nitrogens with one attached hydrogen (secondary N) is 1. The quantitative estimate of drug-likeness (QED) is 0.647. The molecule has 0 aliphatic carbocycles. The molecule has 1 aliphatic rings. The maximum atomic E-state index is 3.88. The Bertz CT molecular complexity index is 398. The van der Waals surface area contributed by atoms with E-state index in [-0.39, 0.29) is 0 Å². The van der Waals surface area contributed by atoms with E-state index < -0.39 is 0 Å². The Balaban J connectivity index is 2.00. The number of benzene rings is 1. The van der Waals surface area contributed by atoms with E-state index in [0.717, 1.165) is 10.6 Å². The summed E-state index contributed by atoms with van der Waals surface area (Å²) in [7, 11) is 4.66. The molecule has 0 spiro atoms. The number of rotatable bonds is 5. The average molecular weight is 326 g/mol. The van der Waals surface area contributed by atoms with Crippen molar-refractivity contribution in [2.75, 3.05) is 14.1 Å². The van der Waals surface area contributed by atoms with Gasteiger partial charge in [-0.3, -0.25) is 0 Å². The van der Waals surface area contributed by atoms with Gasteiger partial charge in [-0.25, -0.2) is 0 Å². The molecule has 1 unspecified atom stereocenters. The summed E-state index contributed by atoms with van der Waals surface area (Å²) in [5, 5.41) is 1.33. The molecule has 2 rings (SSSR count). The molecule has 1 saturated heterocycles. The molecule has 0 amide bonds. The topological polar surface area (TPSA) is 12.0 Å². The van der Waals surface area contributed by atoms with Gasteiger partial charge in [0.2, 0.25) is 0 Å². The van der Waals surface area contributed by atoms with Gasteiger partial charge in [0.1, 0.15) is 0 Å². The van der Waals surface area contributed by atoms with Crippen LogP contribution in [0.25, 0.3) is 0 Å². The van der Waals surface area contributed by atoms with Crippen LogP contribution in [0.15, 0.2) is 30.3 Å². The van der Waals surface area contributed by atoms with Crippen LogP contribution in [0.2, 0.25) is 5.32 Å². The summed E-state index contributed by atoms with van der Waals surface area (Å²) >= 11 is 0.598. The van der Waals surface area contributed by atoms with Gasteiger partial charge in [-0.2, -0.15) is 0 Å². The molecule has 1 aromatic rings. The normalized spacial score (nSPS) is 24.5. The molecule has 0 radical (unpaired) electrons. The van der Waals surface area contributed by atoms with E-state index in [1.54, 1.807) is 0 Å². The van der Waals surface area contributed by atoms with Gasteiger partial charge in [-0.1, -0.05) is 0 Å². The molecule has 0 bridgehead atoms. The molecule has 1 aromatic carbocycles. The zero-order valence-electron chi connectivity index (χ0n) is 12.6. The Morgan fingerprint density at radius 3 is 2.37 bits per heavy atom. The summed E-state index contributed by atoms with van der Waals surface area (Å²) in [5.41, 5.74) is 4.24. The van der Waals surface area contributed by atoms with E-state index in [0.29, 0.717) is 20.5 Å². The van der Waals surface area contributed by atoms with Gasteiger partial charge in [0.05, 0.1) is 0 Å². The van der Waals surface area contributed by atoms with Crippen molar-refractivity contribution in [3.8, 4) is 0 Å². The summed E-state index contributed by atoms with van der Waals surface area (Å²) < 4.78 is 2.51. The molecule has 0 saturated carbocycles. The van der Waals surface area contributed by atoms with E-state index in [1.807, 2.05) is 0 Å². The Kier molecular flexibility index (Phi) is 4.73. The van der Waals surface area contributed by atoms with Gasteiger partial charge in [-0.05, 0) is 0 Å². The van der Waals surface area contributed by atoms with Gasteiger partial charge in [0.15, 0.2) is 0 Å². The van der Waals surface area contributed by atoms with Crippen molar-refractivity contribution in [2.45, 2.75) is 50.0 Å². The van der Waals surface area contributed by atoms with Crippen molar-refractivity contribution in [1.82, 2.24) is 5.43 Å². The van der Waals surface area contributed by atoms with Gasteiger partial charge in [-0.15, -0.1) is 0 Å². The molecule has 1 heterocycles. The van der Waals surface area contributed by atoms with Crippen LogP contribution in [0.3, 0.4) is 0 Å². The molecule has 1 N–H and O–H groups in total. The van der Waals surface area contributed by atoms with Crippen LogP contribution in [0.5, 0.6) is 0 Å². The van der Waals surface area contributed by atoms with Crippen molar-refractivity contribution >= 4 is 19.4 Å². The first-order valence-corrected chi connectivity index (χ1v) is 9.39. The molecule has 1 atom stereocenters. The fourth-order valence-electron chi connectivity index (χ4n) is 3.08. The van der Waals surface area contributed by atoms with Gasteiger partial charge in [0.25, 0.3) is 0 Å². The second-order valence-electron chi connectivity index (χ2n) is 6.12. The third kappa shape index (κ3) is 3.41. The second kappa shape index (κ2) is 5.97. The van der Waals surface area contributed by atoms with Crippen LogP contribution in [0.1, 0.15) is 33.1 Å². The van der Waals surface area contributed by atoms with E-state index in [4.69, 9.17) is 0 Å². The molecule has 106 valence electrons. The summed E-state index contributed by atoms with van der Waals surface area (Å²) in [6, 6.07) is 11.7. The second-order valence-corrected chi connectivity index (χ2v) is 8.42. The van der Waals surface area contributed by atoms with Crippen LogP contribution in [0, 0.1) is 0 Å². The van der Waals surface area contributed by atoms with Crippen molar-refractivity contribution in [2.24, 2.45) is 0 Å². The fraction of sp³-hybridized carbons (Fsp3) is 0.625. The van der Waals surface area contributed by atoms with Crippen LogP contribution in [-0.2, 0) is 0 Å². The molecule has 3 heteroatoms. The number of hydrogen-bond acceptors (Lipinski definition) is 1. The van der Waals surface area contributed by atoms with Crippen LogP contribution >= 0.6 is 0 Å². The summed E-state index contributed by atoms with van der Waals surface area (Å²) in [4.78, 5) is 0. The zero-order valence-corrected chi connectivity index (χ0v) is 14.4. The Morgan fingerprint density at radius 2 is 1.84 bits per heavy atom.